The number of benzene rings is 1. The SMILES string of the molecule is O=C(O)/C=N\Nc1ccccc1Cl. The lowest BCUT2D eigenvalue weighted by molar-refractivity contribution is -0.128. The number of nitrogens with one attached hydrogen (secondary N) is 1. The first-order valence-electron chi connectivity index (χ1n) is 3.46. The summed E-state index contributed by atoms with van der Waals surface area (Å²) in [5, 5.41) is 12.2. The standard InChI is InChI=1S/C8H7ClN2O2/c9-6-3-1-2-4-7(6)11-10-5-8(12)13/h1-5,11H,(H,12,13)/b10-5-. The average Bonchev–Trinajstić information content (AvgIpc) is 2.08. The highest BCUT2D eigenvalue weighted by Crippen LogP contribution is 2.19. The van der Waals surface area contributed by atoms with Crippen LogP contribution in [0.4, 0.5) is 5.69 Å². The third-order valence-electron chi connectivity index (χ3n) is 1.23. The van der Waals surface area contributed by atoms with Crippen LogP contribution in [0, 0.1) is 0 Å². The molecular weight excluding hydrogens is 192 g/mol. The number of aliphatic carboxylic acids is 1. The molecule has 0 aliphatic heterocycles. The van der Waals surface area contributed by atoms with E-state index in [0.29, 0.717) is 10.7 Å². The van der Waals surface area contributed by atoms with E-state index in [2.05, 4.69) is 10.5 Å². The summed E-state index contributed by atoms with van der Waals surface area (Å²) in [5.74, 6) is -1.11. The molecule has 0 aromatic heterocycles. The maximum atomic E-state index is 10.1. The Hall–Kier alpha value is -1.55. The summed E-state index contributed by atoms with van der Waals surface area (Å²) in [4.78, 5) is 10.1. The molecule has 0 bridgehead atoms. The number of halogens is 1. The van der Waals surface area contributed by atoms with E-state index in [4.69, 9.17) is 16.7 Å². The Kier molecular flexibility index (Phi) is 3.28. The van der Waals surface area contributed by atoms with Crippen molar-refractivity contribution < 1.29 is 9.90 Å². The van der Waals surface area contributed by atoms with Gasteiger partial charge in [-0.25, -0.2) is 4.79 Å². The van der Waals surface area contributed by atoms with Crippen molar-refractivity contribution in [1.29, 1.82) is 0 Å². The Morgan fingerprint density at radius 1 is 1.54 bits per heavy atom. The molecule has 1 rings (SSSR count). The molecule has 13 heavy (non-hydrogen) atoms. The van der Waals surface area contributed by atoms with Crippen molar-refractivity contribution in [3.05, 3.63) is 29.3 Å². The molecule has 1 aromatic carbocycles. The van der Waals surface area contributed by atoms with E-state index < -0.39 is 5.97 Å². The van der Waals surface area contributed by atoms with Crippen molar-refractivity contribution in [1.82, 2.24) is 0 Å². The summed E-state index contributed by atoms with van der Waals surface area (Å²) < 4.78 is 0. The highest BCUT2D eigenvalue weighted by atomic mass is 35.5. The van der Waals surface area contributed by atoms with Gasteiger partial charge in [-0.15, -0.1) is 0 Å². The molecule has 0 fully saturated rings. The fourth-order valence-electron chi connectivity index (χ4n) is 0.709. The first-order chi connectivity index (χ1) is 6.20. The van der Waals surface area contributed by atoms with E-state index in [0.717, 1.165) is 6.21 Å². The van der Waals surface area contributed by atoms with Crippen LogP contribution in [0.25, 0.3) is 0 Å². The lowest BCUT2D eigenvalue weighted by atomic mass is 10.3. The first kappa shape index (κ1) is 9.54. The van der Waals surface area contributed by atoms with Crippen molar-refractivity contribution in [2.75, 3.05) is 5.43 Å². The number of nitrogens with zero attached hydrogens (tertiary/aromatic N) is 1. The first-order valence-corrected chi connectivity index (χ1v) is 3.84. The van der Waals surface area contributed by atoms with Crippen LogP contribution in [0.3, 0.4) is 0 Å². The second-order valence-electron chi connectivity index (χ2n) is 2.19. The number of rotatable bonds is 3. The number of hydrazone groups is 1. The van der Waals surface area contributed by atoms with Crippen molar-refractivity contribution in [3.8, 4) is 0 Å². The second-order valence-corrected chi connectivity index (χ2v) is 2.60. The molecule has 68 valence electrons. The second kappa shape index (κ2) is 4.47. The maximum Gasteiger partial charge on any atom is 0.348 e. The number of para-hydroxylation sites is 1. The number of hydrogen-bond acceptors (Lipinski definition) is 3. The minimum absolute atomic E-state index is 0.491. The smallest absolute Gasteiger partial charge is 0.348 e. The van der Waals surface area contributed by atoms with Crippen LogP contribution < -0.4 is 5.43 Å². The Morgan fingerprint density at radius 3 is 2.85 bits per heavy atom. The molecule has 4 nitrogen and oxygen atoms in total. The molecular formula is C8H7ClN2O2. The topological polar surface area (TPSA) is 61.7 Å². The van der Waals surface area contributed by atoms with E-state index in [9.17, 15) is 4.79 Å². The molecule has 0 radical (unpaired) electrons. The zero-order valence-corrected chi connectivity index (χ0v) is 7.32. The molecule has 2 N–H and O–H groups in total. The van der Waals surface area contributed by atoms with E-state index in [1.54, 1.807) is 24.3 Å². The van der Waals surface area contributed by atoms with Crippen LogP contribution in [0.15, 0.2) is 29.4 Å². The summed E-state index contributed by atoms with van der Waals surface area (Å²) in [6, 6.07) is 6.92. The van der Waals surface area contributed by atoms with Gasteiger partial charge in [-0.1, -0.05) is 23.7 Å². The number of carboxylic acids is 1. The molecule has 5 heteroatoms. The fourth-order valence-corrected chi connectivity index (χ4v) is 0.887. The van der Waals surface area contributed by atoms with Crippen LogP contribution in [0.1, 0.15) is 0 Å². The summed E-state index contributed by atoms with van der Waals surface area (Å²) in [7, 11) is 0. The number of anilines is 1. The molecule has 0 saturated heterocycles. The molecule has 0 atom stereocenters. The van der Waals surface area contributed by atoms with Gasteiger partial charge in [-0.2, -0.15) is 5.10 Å². The molecule has 0 unspecified atom stereocenters. The van der Waals surface area contributed by atoms with Crippen LogP contribution in [-0.4, -0.2) is 17.3 Å². The van der Waals surface area contributed by atoms with Gasteiger partial charge in [-0.3, -0.25) is 5.43 Å². The highest BCUT2D eigenvalue weighted by Gasteiger charge is 1.95. The molecule has 0 aliphatic carbocycles. The van der Waals surface area contributed by atoms with Gasteiger partial charge in [0.1, 0.15) is 6.21 Å². The van der Waals surface area contributed by atoms with Crippen LogP contribution in [0.5, 0.6) is 0 Å². The monoisotopic (exact) mass is 198 g/mol. The van der Waals surface area contributed by atoms with Gasteiger partial charge >= 0.3 is 5.97 Å². The highest BCUT2D eigenvalue weighted by molar-refractivity contribution is 6.33. The molecule has 0 amide bonds. The Bertz CT molecular complexity index is 339. The van der Waals surface area contributed by atoms with Gasteiger partial charge in [0, 0.05) is 0 Å². The zero-order valence-electron chi connectivity index (χ0n) is 6.57. The number of carboxylic acid groups (broad SMARTS) is 1. The van der Waals surface area contributed by atoms with Crippen molar-refractivity contribution in [2.24, 2.45) is 5.10 Å². The van der Waals surface area contributed by atoms with Crippen molar-refractivity contribution >= 4 is 29.5 Å². The zero-order chi connectivity index (χ0) is 9.68. The molecule has 0 saturated carbocycles. The normalized spacial score (nSPS) is 10.2. The summed E-state index contributed by atoms with van der Waals surface area (Å²) in [6.45, 7) is 0. The van der Waals surface area contributed by atoms with Gasteiger partial charge in [0.25, 0.3) is 0 Å². The molecule has 0 heterocycles. The summed E-state index contributed by atoms with van der Waals surface area (Å²) >= 11 is 5.76. The van der Waals surface area contributed by atoms with Crippen LogP contribution in [-0.2, 0) is 4.79 Å². The summed E-state index contributed by atoms with van der Waals surface area (Å²) in [5.41, 5.74) is 3.07. The molecule has 0 aliphatic rings. The predicted octanol–water partition coefficient (Wildman–Crippen LogP) is 1.82. The van der Waals surface area contributed by atoms with Crippen molar-refractivity contribution in [3.63, 3.8) is 0 Å². The number of hydrogen-bond donors (Lipinski definition) is 2. The quantitative estimate of drug-likeness (QED) is 0.575. The van der Waals surface area contributed by atoms with E-state index in [1.807, 2.05) is 0 Å². The maximum absolute atomic E-state index is 10.1. The largest absolute Gasteiger partial charge is 0.477 e. The minimum atomic E-state index is -1.11. The van der Waals surface area contributed by atoms with E-state index >= 15 is 0 Å². The van der Waals surface area contributed by atoms with Crippen molar-refractivity contribution in [2.45, 2.75) is 0 Å². The van der Waals surface area contributed by atoms with Gasteiger partial charge < -0.3 is 5.11 Å². The third kappa shape index (κ3) is 3.13. The lowest BCUT2D eigenvalue weighted by Gasteiger charge is -2.00. The average molecular weight is 199 g/mol. The van der Waals surface area contributed by atoms with Gasteiger partial charge in [-0.05, 0) is 12.1 Å². The van der Waals surface area contributed by atoms with Gasteiger partial charge in [0.05, 0.1) is 10.7 Å². The molecule has 1 aromatic rings. The fraction of sp³-hybridized carbons (Fsp3) is 0. The molecule has 0 spiro atoms. The van der Waals surface area contributed by atoms with E-state index in [-0.39, 0.29) is 0 Å². The lowest BCUT2D eigenvalue weighted by Crippen LogP contribution is -1.98. The Morgan fingerprint density at radius 2 is 2.23 bits per heavy atom. The predicted molar refractivity (Wildman–Crippen MR) is 51.2 cm³/mol. The third-order valence-corrected chi connectivity index (χ3v) is 1.56. The van der Waals surface area contributed by atoms with Crippen LogP contribution >= 0.6 is 11.6 Å². The van der Waals surface area contributed by atoms with Gasteiger partial charge in [0.15, 0.2) is 0 Å². The van der Waals surface area contributed by atoms with E-state index in [1.165, 1.54) is 0 Å². The number of carbonyl (C=O) groups is 1. The van der Waals surface area contributed by atoms with Crippen LogP contribution in [0.2, 0.25) is 5.02 Å². The summed E-state index contributed by atoms with van der Waals surface area (Å²) in [6.07, 6.45) is 0.753. The minimum Gasteiger partial charge on any atom is -0.477 e. The Balaban J connectivity index is 2.64. The van der Waals surface area contributed by atoms with Gasteiger partial charge in [0.2, 0.25) is 0 Å². The Labute approximate surface area is 79.8 Å².